The molecule has 2 N–H and O–H groups in total. The molecule has 0 saturated heterocycles. The van der Waals surface area contributed by atoms with Crippen molar-refractivity contribution < 1.29 is 4.79 Å². The van der Waals surface area contributed by atoms with Gasteiger partial charge in [0.05, 0.1) is 5.56 Å². The minimum absolute atomic E-state index is 0.0718. The Bertz CT molecular complexity index is 438. The van der Waals surface area contributed by atoms with Crippen LogP contribution in [0.25, 0.3) is 0 Å². The lowest BCUT2D eigenvalue weighted by atomic mass is 10.1. The van der Waals surface area contributed by atoms with E-state index in [1.807, 2.05) is 0 Å². The van der Waals surface area contributed by atoms with Crippen LogP contribution in [-0.4, -0.2) is 10.9 Å². The van der Waals surface area contributed by atoms with E-state index in [2.05, 4.69) is 4.98 Å². The largest absolute Gasteiger partial charge is 0.364 e. The minimum atomic E-state index is -0.811. The van der Waals surface area contributed by atoms with Gasteiger partial charge in [0, 0.05) is 6.20 Å². The molecular formula is C8H4N4O. The number of hydrogen-bond acceptors (Lipinski definition) is 4. The Kier molecular flexibility index (Phi) is 2.23. The van der Waals surface area contributed by atoms with Crippen LogP contribution in [0.5, 0.6) is 0 Å². The van der Waals surface area contributed by atoms with Gasteiger partial charge in [-0.05, 0) is 6.07 Å². The number of carbonyl (C=O) groups excluding carboxylic acids is 1. The number of nitrogens with two attached hydrogens (primary N) is 1. The molecule has 62 valence electrons. The molecule has 1 heterocycles. The quantitative estimate of drug-likeness (QED) is 0.639. The van der Waals surface area contributed by atoms with Gasteiger partial charge >= 0.3 is 0 Å². The van der Waals surface area contributed by atoms with Gasteiger partial charge in [0.1, 0.15) is 23.4 Å². The predicted octanol–water partition coefficient (Wildman–Crippen LogP) is -0.0761. The van der Waals surface area contributed by atoms with Crippen molar-refractivity contribution >= 4 is 5.91 Å². The van der Waals surface area contributed by atoms with Crippen molar-refractivity contribution in [2.45, 2.75) is 0 Å². The van der Waals surface area contributed by atoms with Crippen molar-refractivity contribution in [3.05, 3.63) is 29.1 Å². The molecule has 0 aromatic carbocycles. The smallest absolute Gasteiger partial charge is 0.268 e. The fourth-order valence-corrected chi connectivity index (χ4v) is 0.855. The molecule has 13 heavy (non-hydrogen) atoms. The van der Waals surface area contributed by atoms with Crippen molar-refractivity contribution in [3.8, 4) is 12.1 Å². The maximum Gasteiger partial charge on any atom is 0.268 e. The zero-order valence-corrected chi connectivity index (χ0v) is 6.48. The van der Waals surface area contributed by atoms with E-state index in [0.717, 1.165) is 0 Å². The molecule has 1 amide bonds. The van der Waals surface area contributed by atoms with E-state index in [1.54, 1.807) is 12.1 Å². The first-order chi connectivity index (χ1) is 6.20. The Hall–Kier alpha value is -2.40. The van der Waals surface area contributed by atoms with Gasteiger partial charge in [0.25, 0.3) is 5.91 Å². The first-order valence-corrected chi connectivity index (χ1v) is 3.29. The fourth-order valence-electron chi connectivity index (χ4n) is 0.855. The molecule has 0 spiro atoms. The molecule has 1 aromatic rings. The van der Waals surface area contributed by atoms with E-state index < -0.39 is 5.91 Å². The summed E-state index contributed by atoms with van der Waals surface area (Å²) in [4.78, 5) is 14.4. The fraction of sp³-hybridized carbons (Fsp3) is 0. The lowest BCUT2D eigenvalue weighted by molar-refractivity contribution is 0.0995. The van der Waals surface area contributed by atoms with E-state index in [-0.39, 0.29) is 16.8 Å². The third-order valence-electron chi connectivity index (χ3n) is 1.42. The number of hydrogen-bond donors (Lipinski definition) is 1. The van der Waals surface area contributed by atoms with Crippen LogP contribution in [0, 0.1) is 22.7 Å². The number of primary amides is 1. The Morgan fingerprint density at radius 3 is 2.62 bits per heavy atom. The van der Waals surface area contributed by atoms with E-state index in [4.69, 9.17) is 16.3 Å². The third-order valence-corrected chi connectivity index (χ3v) is 1.42. The highest BCUT2D eigenvalue weighted by molar-refractivity contribution is 5.93. The second-order valence-corrected chi connectivity index (χ2v) is 2.17. The minimum Gasteiger partial charge on any atom is -0.364 e. The maximum absolute atomic E-state index is 10.7. The van der Waals surface area contributed by atoms with Crippen LogP contribution in [0.15, 0.2) is 12.3 Å². The van der Waals surface area contributed by atoms with Crippen LogP contribution in [0.2, 0.25) is 0 Å². The highest BCUT2D eigenvalue weighted by Crippen LogP contribution is 2.09. The van der Waals surface area contributed by atoms with Crippen molar-refractivity contribution in [1.29, 1.82) is 10.5 Å². The molecule has 0 aliphatic rings. The molecule has 0 aliphatic carbocycles. The van der Waals surface area contributed by atoms with Gasteiger partial charge in [0.15, 0.2) is 0 Å². The molecule has 1 rings (SSSR count). The number of pyridine rings is 1. The number of amides is 1. The molecule has 5 heteroatoms. The molecule has 0 fully saturated rings. The van der Waals surface area contributed by atoms with Crippen molar-refractivity contribution in [1.82, 2.24) is 4.98 Å². The Morgan fingerprint density at radius 2 is 2.15 bits per heavy atom. The molecule has 0 radical (unpaired) electrons. The topological polar surface area (TPSA) is 104 Å². The lowest BCUT2D eigenvalue weighted by Crippen LogP contribution is -2.15. The number of aromatic nitrogens is 1. The monoisotopic (exact) mass is 172 g/mol. The molecule has 5 nitrogen and oxygen atoms in total. The third kappa shape index (κ3) is 1.44. The lowest BCUT2D eigenvalue weighted by Gasteiger charge is -1.97. The van der Waals surface area contributed by atoms with Gasteiger partial charge in [-0.25, -0.2) is 4.98 Å². The van der Waals surface area contributed by atoms with Gasteiger partial charge in [-0.3, -0.25) is 4.79 Å². The number of rotatable bonds is 1. The van der Waals surface area contributed by atoms with Gasteiger partial charge in [-0.15, -0.1) is 0 Å². The molecule has 1 aromatic heterocycles. The summed E-state index contributed by atoms with van der Waals surface area (Å²) in [6, 6.07) is 4.83. The zero-order valence-electron chi connectivity index (χ0n) is 6.48. The average Bonchev–Trinajstić information content (AvgIpc) is 2.16. The Morgan fingerprint density at radius 1 is 1.46 bits per heavy atom. The van der Waals surface area contributed by atoms with Crippen molar-refractivity contribution in [2.24, 2.45) is 5.73 Å². The predicted molar refractivity (Wildman–Crippen MR) is 42.2 cm³/mol. The molecule has 0 atom stereocenters. The highest BCUT2D eigenvalue weighted by atomic mass is 16.1. The zero-order chi connectivity index (χ0) is 9.84. The molecule has 0 aliphatic heterocycles. The first-order valence-electron chi connectivity index (χ1n) is 3.29. The molecule has 0 bridgehead atoms. The van der Waals surface area contributed by atoms with Crippen LogP contribution < -0.4 is 5.73 Å². The first kappa shape index (κ1) is 8.69. The van der Waals surface area contributed by atoms with Gasteiger partial charge in [0.2, 0.25) is 0 Å². The van der Waals surface area contributed by atoms with E-state index in [1.165, 1.54) is 12.3 Å². The van der Waals surface area contributed by atoms with Crippen LogP contribution in [0.1, 0.15) is 21.6 Å². The van der Waals surface area contributed by atoms with E-state index in [0.29, 0.717) is 0 Å². The number of nitrogens with zero attached hydrogens (tertiary/aromatic N) is 3. The van der Waals surface area contributed by atoms with E-state index in [9.17, 15) is 4.79 Å². The van der Waals surface area contributed by atoms with Crippen LogP contribution >= 0.6 is 0 Å². The molecule has 0 saturated carbocycles. The SMILES string of the molecule is N#Cc1ccnc(C(N)=O)c1C#N. The summed E-state index contributed by atoms with van der Waals surface area (Å²) < 4.78 is 0. The summed E-state index contributed by atoms with van der Waals surface area (Å²) in [6.07, 6.45) is 1.26. The van der Waals surface area contributed by atoms with E-state index >= 15 is 0 Å². The standard InChI is InChI=1S/C8H4N4O/c9-3-5-1-2-12-7(8(11)13)6(5)4-10/h1-2H,(H2,11,13). The van der Waals surface area contributed by atoms with Gasteiger partial charge in [-0.1, -0.05) is 0 Å². The second-order valence-electron chi connectivity index (χ2n) is 2.17. The normalized spacial score (nSPS) is 8.46. The summed E-state index contributed by atoms with van der Waals surface area (Å²) in [5.41, 5.74) is 4.82. The van der Waals surface area contributed by atoms with Crippen LogP contribution in [0.3, 0.4) is 0 Å². The summed E-state index contributed by atoms with van der Waals surface area (Å²) in [7, 11) is 0. The Balaban J connectivity index is 3.49. The Labute approximate surface area is 74.0 Å². The number of carbonyl (C=O) groups is 1. The maximum atomic E-state index is 10.7. The molecule has 0 unspecified atom stereocenters. The summed E-state index contributed by atoms with van der Waals surface area (Å²) in [6.45, 7) is 0. The highest BCUT2D eigenvalue weighted by Gasteiger charge is 2.12. The van der Waals surface area contributed by atoms with Crippen LogP contribution in [-0.2, 0) is 0 Å². The van der Waals surface area contributed by atoms with Crippen LogP contribution in [0.4, 0.5) is 0 Å². The van der Waals surface area contributed by atoms with Crippen molar-refractivity contribution in [3.63, 3.8) is 0 Å². The molecular weight excluding hydrogens is 168 g/mol. The van der Waals surface area contributed by atoms with Gasteiger partial charge in [-0.2, -0.15) is 10.5 Å². The number of nitriles is 2. The van der Waals surface area contributed by atoms with Gasteiger partial charge < -0.3 is 5.73 Å². The second kappa shape index (κ2) is 3.33. The summed E-state index contributed by atoms with van der Waals surface area (Å²) in [5.74, 6) is -0.811. The average molecular weight is 172 g/mol. The summed E-state index contributed by atoms with van der Waals surface area (Å²) in [5, 5.41) is 17.2. The van der Waals surface area contributed by atoms with Crippen molar-refractivity contribution in [2.75, 3.05) is 0 Å². The summed E-state index contributed by atoms with van der Waals surface area (Å²) >= 11 is 0.